The monoisotopic (exact) mass is 444 g/mol. The number of H-pyrrole nitrogens is 1. The van der Waals surface area contributed by atoms with Crippen molar-refractivity contribution < 1.29 is 19.4 Å². The number of nitrogens with one attached hydrogen (secondary N) is 1. The molecule has 2 aromatic heterocycles. The third-order valence-electron chi connectivity index (χ3n) is 6.03. The van der Waals surface area contributed by atoms with E-state index in [1.807, 2.05) is 34.9 Å². The van der Waals surface area contributed by atoms with Gasteiger partial charge < -0.3 is 24.1 Å². The number of aromatic nitrogens is 2. The Labute approximate surface area is 190 Å². The van der Waals surface area contributed by atoms with Crippen molar-refractivity contribution in [1.82, 2.24) is 9.55 Å². The molecular weight excluding hydrogens is 420 g/mol. The highest BCUT2D eigenvalue weighted by Crippen LogP contribution is 2.39. The topological polar surface area (TPSA) is 93.6 Å². The Morgan fingerprint density at radius 2 is 1.97 bits per heavy atom. The maximum absolute atomic E-state index is 12.4. The predicted octanol–water partition coefficient (Wildman–Crippen LogP) is 4.33. The van der Waals surface area contributed by atoms with E-state index in [0.29, 0.717) is 26.2 Å². The number of methoxy groups -OCH3 is 1. The van der Waals surface area contributed by atoms with Crippen LogP contribution in [0.4, 0.5) is 0 Å². The number of aryl methyl sites for hydroxylation is 2. The second kappa shape index (κ2) is 8.60. The van der Waals surface area contributed by atoms with Gasteiger partial charge in [-0.1, -0.05) is 18.2 Å². The third-order valence-corrected chi connectivity index (χ3v) is 6.03. The fourth-order valence-electron chi connectivity index (χ4n) is 4.39. The zero-order chi connectivity index (χ0) is 22.9. The summed E-state index contributed by atoms with van der Waals surface area (Å²) in [6.45, 7) is 1.74. The molecule has 1 aliphatic heterocycles. The van der Waals surface area contributed by atoms with Crippen LogP contribution < -0.4 is 10.2 Å². The molecule has 0 aliphatic carbocycles. The van der Waals surface area contributed by atoms with E-state index in [-0.39, 0.29) is 5.56 Å². The normalized spacial score (nSPS) is 12.4. The summed E-state index contributed by atoms with van der Waals surface area (Å²) in [7, 11) is 1.67. The van der Waals surface area contributed by atoms with Gasteiger partial charge in [0.05, 0.1) is 18.0 Å². The lowest BCUT2D eigenvalue weighted by Gasteiger charge is -2.24. The van der Waals surface area contributed by atoms with Crippen LogP contribution in [0.2, 0.25) is 0 Å². The van der Waals surface area contributed by atoms with Crippen molar-refractivity contribution in [3.63, 3.8) is 0 Å². The molecule has 0 bridgehead atoms. The summed E-state index contributed by atoms with van der Waals surface area (Å²) >= 11 is 0. The van der Waals surface area contributed by atoms with Gasteiger partial charge in [0.2, 0.25) is 0 Å². The molecule has 0 unspecified atom stereocenters. The maximum atomic E-state index is 12.4. The summed E-state index contributed by atoms with van der Waals surface area (Å²) in [6, 6.07) is 15.7. The van der Waals surface area contributed by atoms with Crippen LogP contribution in [0.5, 0.6) is 5.75 Å². The molecule has 0 saturated heterocycles. The number of hydrogen-bond acceptors (Lipinski definition) is 4. The molecule has 2 aromatic carbocycles. The lowest BCUT2D eigenvalue weighted by molar-refractivity contribution is 0.0694. The lowest BCUT2D eigenvalue weighted by Crippen LogP contribution is -2.22. The molecule has 33 heavy (non-hydrogen) atoms. The summed E-state index contributed by atoms with van der Waals surface area (Å²) in [5.74, 6) is -0.436. The SMILES string of the molecule is COCCCOc1cc2c(cc1-c1cc3ccccc3[nH]1)-c1cc(=O)c(C(=O)O)cn1CC2. The number of aromatic amines is 1. The van der Waals surface area contributed by atoms with E-state index in [4.69, 9.17) is 9.47 Å². The van der Waals surface area contributed by atoms with Crippen molar-refractivity contribution in [2.75, 3.05) is 20.3 Å². The Bertz CT molecular complexity index is 1380. The number of fused-ring (bicyclic) bond motifs is 4. The molecule has 4 aromatic rings. The number of carbonyl (C=O) groups is 1. The number of pyridine rings is 1. The van der Waals surface area contributed by atoms with Crippen molar-refractivity contribution in [1.29, 1.82) is 0 Å². The molecule has 0 atom stereocenters. The Morgan fingerprint density at radius 1 is 1.12 bits per heavy atom. The predicted molar refractivity (Wildman–Crippen MR) is 126 cm³/mol. The fraction of sp³-hybridized carbons (Fsp3) is 0.231. The minimum Gasteiger partial charge on any atom is -0.493 e. The van der Waals surface area contributed by atoms with Gasteiger partial charge in [0.25, 0.3) is 0 Å². The van der Waals surface area contributed by atoms with Crippen molar-refractivity contribution in [3.05, 3.63) is 76.1 Å². The standard InChI is InChI=1S/C26H24N2O5/c1-32-9-4-10-33-25-12-16-7-8-28-15-20(26(30)31)24(29)14-23(28)18(16)13-19(25)22-11-17-5-2-3-6-21(17)27-22/h2-3,5-6,11-15,27H,4,7-10H2,1H3,(H,30,31). The van der Waals surface area contributed by atoms with Gasteiger partial charge in [0.1, 0.15) is 11.3 Å². The van der Waals surface area contributed by atoms with Gasteiger partial charge >= 0.3 is 5.97 Å². The maximum Gasteiger partial charge on any atom is 0.341 e. The molecule has 1 aliphatic rings. The average Bonchev–Trinajstić information content (AvgIpc) is 3.25. The highest BCUT2D eigenvalue weighted by molar-refractivity contribution is 5.90. The van der Waals surface area contributed by atoms with Gasteiger partial charge in [0, 0.05) is 61.0 Å². The number of carboxylic acids is 1. The number of hydrogen-bond donors (Lipinski definition) is 2. The number of rotatable bonds is 7. The second-order valence-electron chi connectivity index (χ2n) is 8.16. The minimum absolute atomic E-state index is 0.212. The zero-order valence-corrected chi connectivity index (χ0v) is 18.3. The third kappa shape index (κ3) is 3.91. The Hall–Kier alpha value is -3.84. The molecule has 3 heterocycles. The van der Waals surface area contributed by atoms with Crippen LogP contribution in [0.3, 0.4) is 0 Å². The van der Waals surface area contributed by atoms with Gasteiger partial charge in [-0.15, -0.1) is 0 Å². The largest absolute Gasteiger partial charge is 0.493 e. The summed E-state index contributed by atoms with van der Waals surface area (Å²) < 4.78 is 13.2. The van der Waals surface area contributed by atoms with E-state index < -0.39 is 11.4 Å². The van der Waals surface area contributed by atoms with E-state index in [0.717, 1.165) is 51.2 Å². The number of carboxylic acid groups (broad SMARTS) is 1. The Morgan fingerprint density at radius 3 is 2.76 bits per heavy atom. The van der Waals surface area contributed by atoms with Crippen LogP contribution >= 0.6 is 0 Å². The van der Waals surface area contributed by atoms with Crippen LogP contribution in [0.1, 0.15) is 22.3 Å². The van der Waals surface area contributed by atoms with Gasteiger partial charge in [-0.3, -0.25) is 4.79 Å². The van der Waals surface area contributed by atoms with Crippen LogP contribution in [0.25, 0.3) is 33.4 Å². The first-order chi connectivity index (χ1) is 16.0. The van der Waals surface area contributed by atoms with E-state index in [2.05, 4.69) is 17.1 Å². The molecule has 0 spiro atoms. The summed E-state index contributed by atoms with van der Waals surface area (Å²) in [6.07, 6.45) is 2.93. The molecule has 0 fully saturated rings. The molecule has 168 valence electrons. The number of benzene rings is 2. The van der Waals surface area contributed by atoms with Crippen LogP contribution in [0.15, 0.2) is 59.5 Å². The molecule has 5 rings (SSSR count). The highest BCUT2D eigenvalue weighted by Gasteiger charge is 2.22. The number of para-hydroxylation sites is 1. The van der Waals surface area contributed by atoms with E-state index in [1.54, 1.807) is 7.11 Å². The number of aromatic carboxylic acids is 1. The first-order valence-electron chi connectivity index (χ1n) is 10.9. The number of nitrogens with zero attached hydrogens (tertiary/aromatic N) is 1. The quantitative estimate of drug-likeness (QED) is 0.414. The molecular formula is C26H24N2O5. The smallest absolute Gasteiger partial charge is 0.341 e. The summed E-state index contributed by atoms with van der Waals surface area (Å²) in [4.78, 5) is 27.3. The van der Waals surface area contributed by atoms with Gasteiger partial charge in [-0.05, 0) is 36.2 Å². The fourth-order valence-corrected chi connectivity index (χ4v) is 4.39. The van der Waals surface area contributed by atoms with Crippen molar-refractivity contribution in [3.8, 4) is 28.3 Å². The van der Waals surface area contributed by atoms with Crippen LogP contribution in [0, 0.1) is 0 Å². The summed E-state index contributed by atoms with van der Waals surface area (Å²) in [5, 5.41) is 10.4. The Balaban J connectivity index is 1.65. The Kier molecular flexibility index (Phi) is 5.48. The minimum atomic E-state index is -1.21. The van der Waals surface area contributed by atoms with Gasteiger partial charge in [-0.2, -0.15) is 0 Å². The summed E-state index contributed by atoms with van der Waals surface area (Å²) in [5.41, 5.74) is 4.83. The van der Waals surface area contributed by atoms with Crippen molar-refractivity contribution in [2.45, 2.75) is 19.4 Å². The zero-order valence-electron chi connectivity index (χ0n) is 18.3. The first kappa shape index (κ1) is 21.0. The molecule has 7 heteroatoms. The first-order valence-corrected chi connectivity index (χ1v) is 10.9. The van der Waals surface area contributed by atoms with Crippen molar-refractivity contribution in [2.24, 2.45) is 0 Å². The average molecular weight is 444 g/mol. The molecule has 7 nitrogen and oxygen atoms in total. The van der Waals surface area contributed by atoms with Crippen LogP contribution in [-0.2, 0) is 17.7 Å². The lowest BCUT2D eigenvalue weighted by atomic mass is 9.93. The highest BCUT2D eigenvalue weighted by atomic mass is 16.5. The van der Waals surface area contributed by atoms with E-state index in [9.17, 15) is 14.7 Å². The molecule has 0 amide bonds. The molecule has 2 N–H and O–H groups in total. The van der Waals surface area contributed by atoms with Gasteiger partial charge in [0.15, 0.2) is 5.43 Å². The van der Waals surface area contributed by atoms with Crippen molar-refractivity contribution >= 4 is 16.9 Å². The number of ether oxygens (including phenoxy) is 2. The van der Waals surface area contributed by atoms with Gasteiger partial charge in [-0.25, -0.2) is 4.79 Å². The second-order valence-corrected chi connectivity index (χ2v) is 8.16. The van der Waals surface area contributed by atoms with E-state index in [1.165, 1.54) is 12.3 Å². The molecule has 0 saturated carbocycles. The molecule has 0 radical (unpaired) electrons. The van der Waals surface area contributed by atoms with Crippen LogP contribution in [-0.4, -0.2) is 41.0 Å². The van der Waals surface area contributed by atoms with E-state index >= 15 is 0 Å².